The molecule has 0 spiro atoms. The summed E-state index contributed by atoms with van der Waals surface area (Å²) in [6.07, 6.45) is 0. The summed E-state index contributed by atoms with van der Waals surface area (Å²) in [6, 6.07) is 46.5. The third-order valence-corrected chi connectivity index (χ3v) is 7.48. The van der Waals surface area contributed by atoms with Gasteiger partial charge >= 0.3 is 0 Å². The number of nitrogens with zero attached hydrogens (tertiary/aromatic N) is 1. The van der Waals surface area contributed by atoms with Crippen molar-refractivity contribution in [2.45, 2.75) is 13.8 Å². The third kappa shape index (κ3) is 3.55. The van der Waals surface area contributed by atoms with Crippen LogP contribution in [0.4, 0.5) is 17.1 Å². The second kappa shape index (κ2) is 8.50. The minimum absolute atomic E-state index is 1.15. The van der Waals surface area contributed by atoms with E-state index in [-0.39, 0.29) is 0 Å². The molecule has 0 bridgehead atoms. The molecule has 6 aromatic rings. The highest BCUT2D eigenvalue weighted by Gasteiger charge is 2.22. The first kappa shape index (κ1) is 21.6. The highest BCUT2D eigenvalue weighted by molar-refractivity contribution is 6.18. The Balaban J connectivity index is 1.42. The number of benzene rings is 6. The molecule has 0 atom stereocenters. The predicted molar refractivity (Wildman–Crippen MR) is 158 cm³/mol. The van der Waals surface area contributed by atoms with Crippen molar-refractivity contribution >= 4 is 27.8 Å². The summed E-state index contributed by atoms with van der Waals surface area (Å²) < 4.78 is 0. The summed E-state index contributed by atoms with van der Waals surface area (Å²) >= 11 is 0. The summed E-state index contributed by atoms with van der Waals surface area (Å²) in [5.74, 6) is 0. The second-order valence-electron chi connectivity index (χ2n) is 10.00. The molecule has 0 aliphatic heterocycles. The monoisotopic (exact) mass is 473 g/mol. The zero-order chi connectivity index (χ0) is 24.9. The lowest BCUT2D eigenvalue weighted by molar-refractivity contribution is 1.26. The maximum atomic E-state index is 2.36. The molecule has 1 aliphatic rings. The van der Waals surface area contributed by atoms with Crippen LogP contribution in [0.2, 0.25) is 0 Å². The van der Waals surface area contributed by atoms with E-state index in [1.165, 1.54) is 66.7 Å². The average Bonchev–Trinajstić information content (AvgIpc) is 3.25. The molecule has 0 radical (unpaired) electrons. The predicted octanol–water partition coefficient (Wildman–Crippen LogP) is 10.2. The Morgan fingerprint density at radius 3 is 1.57 bits per heavy atom. The van der Waals surface area contributed by atoms with E-state index in [2.05, 4.69) is 146 Å². The molecule has 0 N–H and O–H groups in total. The number of hydrogen-bond donors (Lipinski definition) is 0. The van der Waals surface area contributed by atoms with Crippen LogP contribution in [0.25, 0.3) is 44.2 Å². The van der Waals surface area contributed by atoms with Gasteiger partial charge in [-0.2, -0.15) is 0 Å². The van der Waals surface area contributed by atoms with E-state index >= 15 is 0 Å². The van der Waals surface area contributed by atoms with Gasteiger partial charge in [0.1, 0.15) is 0 Å². The van der Waals surface area contributed by atoms with E-state index in [1.807, 2.05) is 0 Å². The molecular formula is C36H27N. The Hall–Kier alpha value is -4.62. The smallest absolute Gasteiger partial charge is 0.0467 e. The molecule has 0 fully saturated rings. The van der Waals surface area contributed by atoms with Gasteiger partial charge in [-0.05, 0) is 106 Å². The molecule has 37 heavy (non-hydrogen) atoms. The molecule has 0 amide bonds. The normalized spacial score (nSPS) is 11.5. The van der Waals surface area contributed by atoms with Crippen LogP contribution in [0, 0.1) is 13.8 Å². The molecule has 176 valence electrons. The van der Waals surface area contributed by atoms with Crippen molar-refractivity contribution in [3.8, 4) is 33.4 Å². The molecule has 7 rings (SSSR count). The van der Waals surface area contributed by atoms with Gasteiger partial charge in [-0.25, -0.2) is 0 Å². The van der Waals surface area contributed by atoms with E-state index in [9.17, 15) is 0 Å². The first-order chi connectivity index (χ1) is 18.2. The van der Waals surface area contributed by atoms with Crippen LogP contribution in [-0.4, -0.2) is 0 Å². The van der Waals surface area contributed by atoms with Crippen molar-refractivity contribution < 1.29 is 0 Å². The van der Waals surface area contributed by atoms with Crippen LogP contribution >= 0.6 is 0 Å². The lowest BCUT2D eigenvalue weighted by atomic mass is 9.94. The van der Waals surface area contributed by atoms with Crippen LogP contribution in [0.1, 0.15) is 11.1 Å². The lowest BCUT2D eigenvalue weighted by Crippen LogP contribution is -2.10. The van der Waals surface area contributed by atoms with Crippen molar-refractivity contribution in [2.24, 2.45) is 0 Å². The summed E-state index contributed by atoms with van der Waals surface area (Å²) in [6.45, 7) is 4.30. The summed E-state index contributed by atoms with van der Waals surface area (Å²) in [5, 5.41) is 2.67. The molecule has 0 unspecified atom stereocenters. The zero-order valence-electron chi connectivity index (χ0n) is 21.1. The standard InChI is InChI=1S/C36H27N/c1-24-9-5-12-27(21-24)37(28-13-6-10-25(2)22-28)29-14-7-11-26(23-29)30-19-20-35-32-16-4-3-15-31(32)34-18-8-17-33(30)36(34)35/h3-23H,1-2H3. The van der Waals surface area contributed by atoms with E-state index in [0.29, 0.717) is 0 Å². The zero-order valence-corrected chi connectivity index (χ0v) is 21.1. The highest BCUT2D eigenvalue weighted by atomic mass is 15.1. The minimum Gasteiger partial charge on any atom is -0.310 e. The maximum absolute atomic E-state index is 2.36. The van der Waals surface area contributed by atoms with E-state index in [0.717, 1.165) is 5.69 Å². The average molecular weight is 474 g/mol. The van der Waals surface area contributed by atoms with E-state index in [4.69, 9.17) is 0 Å². The number of aryl methyl sites for hydroxylation is 2. The van der Waals surface area contributed by atoms with Crippen molar-refractivity contribution in [2.75, 3.05) is 4.90 Å². The number of anilines is 3. The Bertz CT molecular complexity index is 1740. The van der Waals surface area contributed by atoms with Crippen LogP contribution < -0.4 is 4.90 Å². The number of rotatable bonds is 4. The van der Waals surface area contributed by atoms with Crippen molar-refractivity contribution in [1.82, 2.24) is 0 Å². The molecular weight excluding hydrogens is 446 g/mol. The fraction of sp³-hybridized carbons (Fsp3) is 0.0556. The largest absolute Gasteiger partial charge is 0.310 e. The molecule has 0 heterocycles. The Labute approximate surface area is 218 Å². The minimum atomic E-state index is 1.15. The van der Waals surface area contributed by atoms with Gasteiger partial charge in [0.05, 0.1) is 0 Å². The first-order valence-corrected chi connectivity index (χ1v) is 12.9. The SMILES string of the molecule is Cc1cccc(N(c2cccc(C)c2)c2cccc(-c3ccc4c5c(cccc35)-c3ccccc3-4)c2)c1. The molecule has 1 heteroatoms. The van der Waals surface area contributed by atoms with Crippen molar-refractivity contribution in [1.29, 1.82) is 0 Å². The van der Waals surface area contributed by atoms with Gasteiger partial charge < -0.3 is 4.90 Å². The van der Waals surface area contributed by atoms with Crippen molar-refractivity contribution in [3.63, 3.8) is 0 Å². The molecule has 0 saturated heterocycles. The van der Waals surface area contributed by atoms with Crippen LogP contribution in [0.15, 0.2) is 127 Å². The van der Waals surface area contributed by atoms with Crippen LogP contribution in [-0.2, 0) is 0 Å². The Morgan fingerprint density at radius 1 is 0.405 bits per heavy atom. The Morgan fingerprint density at radius 2 is 0.919 bits per heavy atom. The molecule has 1 aliphatic carbocycles. The summed E-state index contributed by atoms with van der Waals surface area (Å²) in [5.41, 5.74) is 13.8. The van der Waals surface area contributed by atoms with Crippen molar-refractivity contribution in [3.05, 3.63) is 139 Å². The van der Waals surface area contributed by atoms with Gasteiger partial charge in [0.25, 0.3) is 0 Å². The molecule has 0 aromatic heterocycles. The van der Waals surface area contributed by atoms with Gasteiger partial charge in [0, 0.05) is 17.1 Å². The van der Waals surface area contributed by atoms with Gasteiger partial charge in [-0.15, -0.1) is 0 Å². The van der Waals surface area contributed by atoms with Gasteiger partial charge in [-0.1, -0.05) is 91.0 Å². The summed E-state index contributed by atoms with van der Waals surface area (Å²) in [7, 11) is 0. The fourth-order valence-corrected chi connectivity index (χ4v) is 5.85. The Kier molecular flexibility index (Phi) is 4.97. The molecule has 6 aromatic carbocycles. The van der Waals surface area contributed by atoms with E-state index in [1.54, 1.807) is 0 Å². The maximum Gasteiger partial charge on any atom is 0.0467 e. The topological polar surface area (TPSA) is 3.24 Å². The lowest BCUT2D eigenvalue weighted by Gasteiger charge is -2.26. The second-order valence-corrected chi connectivity index (χ2v) is 10.00. The van der Waals surface area contributed by atoms with Gasteiger partial charge in [0.15, 0.2) is 0 Å². The van der Waals surface area contributed by atoms with Gasteiger partial charge in [-0.3, -0.25) is 0 Å². The fourth-order valence-electron chi connectivity index (χ4n) is 5.85. The van der Waals surface area contributed by atoms with E-state index < -0.39 is 0 Å². The summed E-state index contributed by atoms with van der Waals surface area (Å²) in [4.78, 5) is 2.36. The highest BCUT2D eigenvalue weighted by Crippen LogP contribution is 2.49. The third-order valence-electron chi connectivity index (χ3n) is 7.48. The first-order valence-electron chi connectivity index (χ1n) is 12.9. The molecule has 0 saturated carbocycles. The molecule has 1 nitrogen and oxygen atoms in total. The van der Waals surface area contributed by atoms with Gasteiger partial charge in [0.2, 0.25) is 0 Å². The number of fused-ring (bicyclic) bond motifs is 3. The van der Waals surface area contributed by atoms with Crippen LogP contribution in [0.5, 0.6) is 0 Å². The quantitative estimate of drug-likeness (QED) is 0.246. The van der Waals surface area contributed by atoms with Crippen LogP contribution in [0.3, 0.4) is 0 Å². The number of hydrogen-bond acceptors (Lipinski definition) is 1.